The molecular formula is C12H18O3. The summed E-state index contributed by atoms with van der Waals surface area (Å²) in [6, 6.07) is 0. The van der Waals surface area contributed by atoms with Gasteiger partial charge in [0.25, 0.3) is 0 Å². The first-order valence-corrected chi connectivity index (χ1v) is 4.90. The first-order chi connectivity index (χ1) is 7.10. The Morgan fingerprint density at radius 2 is 2.07 bits per heavy atom. The Hall–Kier alpha value is -1.35. The van der Waals surface area contributed by atoms with E-state index in [0.29, 0.717) is 6.61 Å². The molecule has 0 aromatic heterocycles. The molecule has 84 valence electrons. The number of esters is 1. The molecule has 0 radical (unpaired) electrons. The Kier molecular flexibility index (Phi) is 7.28. The van der Waals surface area contributed by atoms with Crippen molar-refractivity contribution in [3.8, 4) is 0 Å². The van der Waals surface area contributed by atoms with Crippen molar-refractivity contribution in [2.45, 2.75) is 20.8 Å². The average molecular weight is 210 g/mol. The van der Waals surface area contributed by atoms with Gasteiger partial charge in [-0.2, -0.15) is 0 Å². The van der Waals surface area contributed by atoms with E-state index < -0.39 is 0 Å². The minimum Gasteiger partial charge on any atom is -0.463 e. The summed E-state index contributed by atoms with van der Waals surface area (Å²) >= 11 is 0. The maximum atomic E-state index is 11.0. The second-order valence-corrected chi connectivity index (χ2v) is 3.17. The third kappa shape index (κ3) is 7.70. The van der Waals surface area contributed by atoms with Gasteiger partial charge < -0.3 is 9.84 Å². The Morgan fingerprint density at radius 1 is 1.40 bits per heavy atom. The monoisotopic (exact) mass is 210 g/mol. The number of allylic oxidation sites excluding steroid dienone is 4. The topological polar surface area (TPSA) is 46.5 Å². The van der Waals surface area contributed by atoms with Crippen LogP contribution in [-0.2, 0) is 9.53 Å². The van der Waals surface area contributed by atoms with Gasteiger partial charge in [-0.3, -0.25) is 0 Å². The molecule has 15 heavy (non-hydrogen) atoms. The van der Waals surface area contributed by atoms with Gasteiger partial charge in [0.15, 0.2) is 0 Å². The molecule has 0 aliphatic rings. The summed E-state index contributed by atoms with van der Waals surface area (Å²) in [7, 11) is 0. The number of aliphatic hydroxyl groups is 1. The van der Waals surface area contributed by atoms with E-state index in [1.165, 1.54) is 6.08 Å². The first-order valence-electron chi connectivity index (χ1n) is 4.90. The molecule has 0 unspecified atom stereocenters. The highest BCUT2D eigenvalue weighted by molar-refractivity contribution is 5.83. The minimum atomic E-state index is -0.331. The fraction of sp³-hybridized carbons (Fsp3) is 0.417. The molecule has 0 heterocycles. The summed E-state index contributed by atoms with van der Waals surface area (Å²) in [6.45, 7) is 5.84. The van der Waals surface area contributed by atoms with Crippen LogP contribution in [0.5, 0.6) is 0 Å². The zero-order valence-corrected chi connectivity index (χ0v) is 9.49. The lowest BCUT2D eigenvalue weighted by atomic mass is 10.2. The summed E-state index contributed by atoms with van der Waals surface area (Å²) in [4.78, 5) is 11.0. The second kappa shape index (κ2) is 8.00. The second-order valence-electron chi connectivity index (χ2n) is 3.17. The molecule has 0 amide bonds. The molecule has 1 N–H and O–H groups in total. The average Bonchev–Trinajstić information content (AvgIpc) is 2.17. The van der Waals surface area contributed by atoms with Crippen molar-refractivity contribution in [2.24, 2.45) is 0 Å². The quantitative estimate of drug-likeness (QED) is 0.429. The number of aliphatic hydroxyl groups excluding tert-OH is 1. The number of carbonyl (C=O) groups is 1. The van der Waals surface area contributed by atoms with Crippen LogP contribution in [0.2, 0.25) is 0 Å². The van der Waals surface area contributed by atoms with Crippen LogP contribution in [0.25, 0.3) is 0 Å². The van der Waals surface area contributed by atoms with Gasteiger partial charge >= 0.3 is 5.97 Å². The molecule has 0 bridgehead atoms. The van der Waals surface area contributed by atoms with E-state index in [-0.39, 0.29) is 12.6 Å². The molecule has 0 spiro atoms. The fourth-order valence-corrected chi connectivity index (χ4v) is 0.835. The fourth-order valence-electron chi connectivity index (χ4n) is 0.835. The Labute approximate surface area is 90.8 Å². The van der Waals surface area contributed by atoms with Crippen LogP contribution in [0.3, 0.4) is 0 Å². The molecule has 0 saturated carbocycles. The van der Waals surface area contributed by atoms with E-state index in [0.717, 1.165) is 11.1 Å². The lowest BCUT2D eigenvalue weighted by molar-refractivity contribution is -0.137. The molecule has 0 fully saturated rings. The lowest BCUT2D eigenvalue weighted by Gasteiger charge is -1.96. The SMILES string of the molecule is CCOC(=O)C=C(C)C=CC=C(C)CO. The van der Waals surface area contributed by atoms with E-state index in [1.54, 1.807) is 25.2 Å². The molecule has 3 heteroatoms. The number of rotatable bonds is 5. The number of hydrogen-bond acceptors (Lipinski definition) is 3. The van der Waals surface area contributed by atoms with Crippen molar-refractivity contribution in [3.05, 3.63) is 35.5 Å². The Bertz CT molecular complexity index is 285. The van der Waals surface area contributed by atoms with Gasteiger partial charge in [-0.25, -0.2) is 4.79 Å². The standard InChI is InChI=1S/C12H18O3/c1-4-15-12(14)8-10(2)6-5-7-11(3)9-13/h5-8,13H,4,9H2,1-3H3. The van der Waals surface area contributed by atoms with Gasteiger partial charge in [-0.15, -0.1) is 0 Å². The molecule has 0 rings (SSSR count). The molecule has 0 saturated heterocycles. The van der Waals surface area contributed by atoms with Gasteiger partial charge in [0, 0.05) is 6.08 Å². The maximum Gasteiger partial charge on any atom is 0.330 e. The van der Waals surface area contributed by atoms with Crippen LogP contribution in [0.4, 0.5) is 0 Å². The van der Waals surface area contributed by atoms with Crippen LogP contribution in [0.15, 0.2) is 35.5 Å². The van der Waals surface area contributed by atoms with E-state index >= 15 is 0 Å². The van der Waals surface area contributed by atoms with Crippen molar-refractivity contribution in [1.29, 1.82) is 0 Å². The normalized spacial score (nSPS) is 13.3. The van der Waals surface area contributed by atoms with Crippen LogP contribution in [-0.4, -0.2) is 24.3 Å². The molecular weight excluding hydrogens is 192 g/mol. The highest BCUT2D eigenvalue weighted by Gasteiger charge is 1.94. The van der Waals surface area contributed by atoms with Crippen molar-refractivity contribution in [3.63, 3.8) is 0 Å². The predicted molar refractivity (Wildman–Crippen MR) is 60.4 cm³/mol. The van der Waals surface area contributed by atoms with Crippen molar-refractivity contribution in [2.75, 3.05) is 13.2 Å². The summed E-state index contributed by atoms with van der Waals surface area (Å²) in [5.74, 6) is -0.331. The summed E-state index contributed by atoms with van der Waals surface area (Å²) < 4.78 is 4.76. The van der Waals surface area contributed by atoms with Crippen LogP contribution >= 0.6 is 0 Å². The van der Waals surface area contributed by atoms with Gasteiger partial charge in [0.1, 0.15) is 0 Å². The molecule has 0 aromatic rings. The summed E-state index contributed by atoms with van der Waals surface area (Å²) in [5.41, 5.74) is 1.69. The zero-order chi connectivity index (χ0) is 11.7. The van der Waals surface area contributed by atoms with Gasteiger partial charge in [-0.1, -0.05) is 18.2 Å². The van der Waals surface area contributed by atoms with Crippen molar-refractivity contribution >= 4 is 5.97 Å². The smallest absolute Gasteiger partial charge is 0.330 e. The van der Waals surface area contributed by atoms with Gasteiger partial charge in [0.05, 0.1) is 13.2 Å². The van der Waals surface area contributed by atoms with Crippen LogP contribution in [0.1, 0.15) is 20.8 Å². The van der Waals surface area contributed by atoms with Gasteiger partial charge in [0.2, 0.25) is 0 Å². The van der Waals surface area contributed by atoms with Crippen molar-refractivity contribution in [1.82, 2.24) is 0 Å². The maximum absolute atomic E-state index is 11.0. The number of hydrogen-bond donors (Lipinski definition) is 1. The largest absolute Gasteiger partial charge is 0.463 e. The molecule has 0 aliphatic carbocycles. The third-order valence-electron chi connectivity index (χ3n) is 1.62. The zero-order valence-electron chi connectivity index (χ0n) is 9.49. The lowest BCUT2D eigenvalue weighted by Crippen LogP contribution is -1.99. The molecule has 0 aliphatic heterocycles. The van der Waals surface area contributed by atoms with E-state index in [2.05, 4.69) is 0 Å². The predicted octanol–water partition coefficient (Wildman–Crippen LogP) is 1.99. The summed E-state index contributed by atoms with van der Waals surface area (Å²) in [6.07, 6.45) is 6.80. The van der Waals surface area contributed by atoms with E-state index in [1.807, 2.05) is 13.8 Å². The van der Waals surface area contributed by atoms with Crippen LogP contribution < -0.4 is 0 Å². The van der Waals surface area contributed by atoms with E-state index in [9.17, 15) is 4.79 Å². The summed E-state index contributed by atoms with van der Waals surface area (Å²) in [5, 5.41) is 8.72. The Morgan fingerprint density at radius 3 is 2.60 bits per heavy atom. The molecule has 0 atom stereocenters. The van der Waals surface area contributed by atoms with Gasteiger partial charge in [-0.05, 0) is 31.9 Å². The highest BCUT2D eigenvalue weighted by atomic mass is 16.5. The highest BCUT2D eigenvalue weighted by Crippen LogP contribution is 1.98. The number of carbonyl (C=O) groups excluding carboxylic acids is 1. The minimum absolute atomic E-state index is 0.0466. The number of ether oxygens (including phenoxy) is 1. The third-order valence-corrected chi connectivity index (χ3v) is 1.62. The molecule has 0 aromatic carbocycles. The van der Waals surface area contributed by atoms with Crippen LogP contribution in [0, 0.1) is 0 Å². The Balaban J connectivity index is 4.23. The van der Waals surface area contributed by atoms with E-state index in [4.69, 9.17) is 9.84 Å². The van der Waals surface area contributed by atoms with Crippen molar-refractivity contribution < 1.29 is 14.6 Å². The first kappa shape index (κ1) is 13.7. The molecule has 3 nitrogen and oxygen atoms in total.